The maximum atomic E-state index is 12.5. The van der Waals surface area contributed by atoms with E-state index in [0.717, 1.165) is 36.2 Å². The SMILES string of the molecule is CC(=O)N1N=C2C(=Cc3ccc(N(C)C)cc3)CCCC2C1c1ccc(N(C)C)cc1. The van der Waals surface area contributed by atoms with Crippen molar-refractivity contribution < 1.29 is 4.79 Å². The summed E-state index contributed by atoms with van der Waals surface area (Å²) in [6, 6.07) is 17.1. The summed E-state index contributed by atoms with van der Waals surface area (Å²) in [4.78, 5) is 16.7. The number of fused-ring (bicyclic) bond motifs is 1. The number of amides is 1. The monoisotopic (exact) mass is 416 g/mol. The van der Waals surface area contributed by atoms with Crippen molar-refractivity contribution >= 4 is 29.1 Å². The third-order valence-electron chi connectivity index (χ3n) is 6.33. The van der Waals surface area contributed by atoms with Crippen LogP contribution in [0.4, 0.5) is 11.4 Å². The Morgan fingerprint density at radius 2 is 1.55 bits per heavy atom. The number of anilines is 2. The van der Waals surface area contributed by atoms with Crippen LogP contribution in [0.3, 0.4) is 0 Å². The highest BCUT2D eigenvalue weighted by atomic mass is 16.2. The van der Waals surface area contributed by atoms with Crippen LogP contribution in [-0.4, -0.2) is 44.8 Å². The molecule has 1 heterocycles. The van der Waals surface area contributed by atoms with Crippen molar-refractivity contribution in [2.75, 3.05) is 38.0 Å². The highest BCUT2D eigenvalue weighted by molar-refractivity contribution is 6.08. The predicted octanol–water partition coefficient (Wildman–Crippen LogP) is 4.96. The van der Waals surface area contributed by atoms with E-state index in [9.17, 15) is 4.79 Å². The molecular formula is C26H32N4O. The highest BCUT2D eigenvalue weighted by Crippen LogP contribution is 2.44. The third-order valence-corrected chi connectivity index (χ3v) is 6.33. The molecule has 4 rings (SSSR count). The average molecular weight is 417 g/mol. The van der Waals surface area contributed by atoms with Gasteiger partial charge in [0, 0.05) is 52.4 Å². The molecule has 1 saturated carbocycles. The van der Waals surface area contributed by atoms with Crippen molar-refractivity contribution in [1.82, 2.24) is 5.01 Å². The Morgan fingerprint density at radius 1 is 0.968 bits per heavy atom. The van der Waals surface area contributed by atoms with Gasteiger partial charge in [0.1, 0.15) is 0 Å². The summed E-state index contributed by atoms with van der Waals surface area (Å²) in [7, 11) is 8.18. The molecule has 0 bridgehead atoms. The second-order valence-corrected chi connectivity index (χ2v) is 8.93. The first-order valence-electron chi connectivity index (χ1n) is 11.0. The van der Waals surface area contributed by atoms with E-state index in [4.69, 9.17) is 5.10 Å². The van der Waals surface area contributed by atoms with Crippen LogP contribution in [0.15, 0.2) is 59.2 Å². The zero-order valence-corrected chi connectivity index (χ0v) is 19.2. The molecule has 5 heteroatoms. The van der Waals surface area contributed by atoms with Gasteiger partial charge in [-0.15, -0.1) is 0 Å². The second-order valence-electron chi connectivity index (χ2n) is 8.93. The molecule has 5 nitrogen and oxygen atoms in total. The van der Waals surface area contributed by atoms with Crippen LogP contribution in [-0.2, 0) is 4.79 Å². The summed E-state index contributed by atoms with van der Waals surface area (Å²) in [5.41, 5.74) is 7.01. The number of carbonyl (C=O) groups is 1. The van der Waals surface area contributed by atoms with Crippen LogP contribution in [0.2, 0.25) is 0 Å². The van der Waals surface area contributed by atoms with Gasteiger partial charge in [0.2, 0.25) is 5.91 Å². The zero-order valence-electron chi connectivity index (χ0n) is 19.2. The van der Waals surface area contributed by atoms with Gasteiger partial charge in [-0.1, -0.05) is 24.3 Å². The summed E-state index contributed by atoms with van der Waals surface area (Å²) in [5, 5.41) is 6.57. The second kappa shape index (κ2) is 8.58. The summed E-state index contributed by atoms with van der Waals surface area (Å²) in [6.07, 6.45) is 5.42. The van der Waals surface area contributed by atoms with E-state index in [1.165, 1.54) is 16.8 Å². The first-order chi connectivity index (χ1) is 14.8. The van der Waals surface area contributed by atoms with Crippen molar-refractivity contribution in [2.45, 2.75) is 32.2 Å². The lowest BCUT2D eigenvalue weighted by Crippen LogP contribution is -2.30. The van der Waals surface area contributed by atoms with E-state index in [-0.39, 0.29) is 17.9 Å². The lowest BCUT2D eigenvalue weighted by molar-refractivity contribution is -0.131. The van der Waals surface area contributed by atoms with Gasteiger partial charge in [-0.25, -0.2) is 5.01 Å². The minimum absolute atomic E-state index is 0.00160. The van der Waals surface area contributed by atoms with E-state index in [1.54, 1.807) is 11.9 Å². The molecule has 162 valence electrons. The molecule has 2 aliphatic rings. The Balaban J connectivity index is 1.66. The maximum absolute atomic E-state index is 12.5. The van der Waals surface area contributed by atoms with Crippen LogP contribution in [0.25, 0.3) is 6.08 Å². The predicted molar refractivity (Wildman–Crippen MR) is 130 cm³/mol. The molecule has 2 aromatic rings. The van der Waals surface area contributed by atoms with Gasteiger partial charge >= 0.3 is 0 Å². The van der Waals surface area contributed by atoms with E-state index in [1.807, 2.05) is 28.2 Å². The normalized spacial score (nSPS) is 21.6. The zero-order chi connectivity index (χ0) is 22.1. The number of nitrogens with zero attached hydrogens (tertiary/aromatic N) is 4. The molecule has 1 aliphatic heterocycles. The summed E-state index contributed by atoms with van der Waals surface area (Å²) in [6.45, 7) is 1.62. The van der Waals surface area contributed by atoms with Crippen LogP contribution < -0.4 is 9.80 Å². The molecule has 2 atom stereocenters. The van der Waals surface area contributed by atoms with Crippen molar-refractivity contribution in [1.29, 1.82) is 0 Å². The van der Waals surface area contributed by atoms with Crippen molar-refractivity contribution in [3.8, 4) is 0 Å². The smallest absolute Gasteiger partial charge is 0.240 e. The minimum Gasteiger partial charge on any atom is -0.378 e. The lowest BCUT2D eigenvalue weighted by Gasteiger charge is -2.29. The number of hydrogen-bond acceptors (Lipinski definition) is 4. The number of carbonyl (C=O) groups excluding carboxylic acids is 1. The lowest BCUT2D eigenvalue weighted by atomic mass is 9.77. The number of rotatable bonds is 4. The van der Waals surface area contributed by atoms with Gasteiger partial charge in [-0.05, 0) is 66.3 Å². The van der Waals surface area contributed by atoms with Crippen molar-refractivity contribution in [3.05, 3.63) is 65.2 Å². The third kappa shape index (κ3) is 4.22. The van der Waals surface area contributed by atoms with Gasteiger partial charge in [-0.2, -0.15) is 5.10 Å². The van der Waals surface area contributed by atoms with Crippen LogP contribution in [0.1, 0.15) is 43.4 Å². The first-order valence-corrected chi connectivity index (χ1v) is 11.0. The Labute approximate surface area is 185 Å². The van der Waals surface area contributed by atoms with E-state index in [2.05, 4.69) is 64.4 Å². The quantitative estimate of drug-likeness (QED) is 0.707. The molecule has 0 spiro atoms. The average Bonchev–Trinajstić information content (AvgIpc) is 3.15. The molecule has 0 aromatic heterocycles. The maximum Gasteiger partial charge on any atom is 0.240 e. The molecule has 0 N–H and O–H groups in total. The molecule has 0 saturated heterocycles. The molecule has 1 aliphatic carbocycles. The Morgan fingerprint density at radius 3 is 2.10 bits per heavy atom. The number of benzene rings is 2. The van der Waals surface area contributed by atoms with Crippen LogP contribution >= 0.6 is 0 Å². The summed E-state index contributed by atoms with van der Waals surface area (Å²) in [5.74, 6) is 0.244. The van der Waals surface area contributed by atoms with Crippen molar-refractivity contribution in [2.24, 2.45) is 11.0 Å². The molecule has 1 fully saturated rings. The molecule has 2 aromatic carbocycles. The van der Waals surface area contributed by atoms with Gasteiger partial charge in [-0.3, -0.25) is 4.79 Å². The minimum atomic E-state index is -0.0245. The van der Waals surface area contributed by atoms with Crippen LogP contribution in [0.5, 0.6) is 0 Å². The van der Waals surface area contributed by atoms with Gasteiger partial charge in [0.05, 0.1) is 11.8 Å². The molecule has 0 radical (unpaired) electrons. The fraction of sp³-hybridized carbons (Fsp3) is 0.385. The first kappa shape index (κ1) is 21.2. The van der Waals surface area contributed by atoms with E-state index in [0.29, 0.717) is 0 Å². The highest BCUT2D eigenvalue weighted by Gasteiger charge is 2.42. The number of allylic oxidation sites excluding steroid dienone is 1. The van der Waals surface area contributed by atoms with Crippen molar-refractivity contribution in [3.63, 3.8) is 0 Å². The van der Waals surface area contributed by atoms with Crippen LogP contribution in [0, 0.1) is 5.92 Å². The van der Waals surface area contributed by atoms with Gasteiger partial charge < -0.3 is 9.80 Å². The molecule has 1 amide bonds. The molecule has 31 heavy (non-hydrogen) atoms. The van der Waals surface area contributed by atoms with E-state index < -0.39 is 0 Å². The molecule has 2 unspecified atom stereocenters. The molecular weight excluding hydrogens is 384 g/mol. The summed E-state index contributed by atoms with van der Waals surface area (Å²) < 4.78 is 0. The fourth-order valence-corrected chi connectivity index (χ4v) is 4.64. The standard InChI is InChI=1S/C26H32N4O/c1-18(31)30-26(20-11-15-23(16-12-20)29(4)5)24-8-6-7-21(25(24)27-30)17-19-9-13-22(14-10-19)28(2)3/h9-17,24,26H,6-8H2,1-5H3. The Kier molecular flexibility index (Phi) is 5.86. The summed E-state index contributed by atoms with van der Waals surface area (Å²) >= 11 is 0. The Bertz CT molecular complexity index is 1000. The largest absolute Gasteiger partial charge is 0.378 e. The number of hydrazone groups is 1. The van der Waals surface area contributed by atoms with E-state index >= 15 is 0 Å². The number of hydrogen-bond donors (Lipinski definition) is 0. The Hall–Kier alpha value is -3.08. The van der Waals surface area contributed by atoms with Gasteiger partial charge in [0.25, 0.3) is 0 Å². The fourth-order valence-electron chi connectivity index (χ4n) is 4.64. The topological polar surface area (TPSA) is 39.2 Å². The van der Waals surface area contributed by atoms with Gasteiger partial charge in [0.15, 0.2) is 0 Å².